The molecule has 0 saturated heterocycles. The molecule has 0 aromatic carbocycles. The highest BCUT2D eigenvalue weighted by Crippen LogP contribution is 2.33. The molecule has 0 aromatic heterocycles. The largest absolute Gasteiger partial charge is 0.465 e. The SMILES string of the molecule is CC(=O)OCC(C(=O)OC1CC1)C(C)(C)C(=O)OC(C)C. The van der Waals surface area contributed by atoms with Crippen molar-refractivity contribution in [2.24, 2.45) is 11.3 Å². The van der Waals surface area contributed by atoms with Gasteiger partial charge >= 0.3 is 17.9 Å². The molecule has 6 heteroatoms. The third kappa shape index (κ3) is 5.36. The highest BCUT2D eigenvalue weighted by atomic mass is 16.6. The van der Waals surface area contributed by atoms with E-state index in [9.17, 15) is 14.4 Å². The zero-order chi connectivity index (χ0) is 16.2. The van der Waals surface area contributed by atoms with Gasteiger partial charge in [0.25, 0.3) is 0 Å². The summed E-state index contributed by atoms with van der Waals surface area (Å²) in [4.78, 5) is 35.4. The minimum Gasteiger partial charge on any atom is -0.465 e. The van der Waals surface area contributed by atoms with Crippen LogP contribution < -0.4 is 0 Å². The summed E-state index contributed by atoms with van der Waals surface area (Å²) in [5.41, 5.74) is -1.13. The first kappa shape index (κ1) is 17.5. The quantitative estimate of drug-likeness (QED) is 0.527. The second-order valence-corrected chi connectivity index (χ2v) is 6.17. The van der Waals surface area contributed by atoms with E-state index in [2.05, 4.69) is 0 Å². The van der Waals surface area contributed by atoms with Crippen molar-refractivity contribution in [3.8, 4) is 0 Å². The van der Waals surface area contributed by atoms with Crippen LogP contribution in [-0.4, -0.2) is 36.7 Å². The van der Waals surface area contributed by atoms with Crippen LogP contribution in [0.15, 0.2) is 0 Å². The van der Waals surface area contributed by atoms with E-state index in [1.807, 2.05) is 0 Å². The first-order chi connectivity index (χ1) is 9.64. The molecular formula is C15H24O6. The smallest absolute Gasteiger partial charge is 0.313 e. The van der Waals surface area contributed by atoms with E-state index in [1.165, 1.54) is 6.92 Å². The second-order valence-electron chi connectivity index (χ2n) is 6.17. The fraction of sp³-hybridized carbons (Fsp3) is 0.800. The van der Waals surface area contributed by atoms with Gasteiger partial charge in [0.1, 0.15) is 18.6 Å². The summed E-state index contributed by atoms with van der Waals surface area (Å²) in [5, 5.41) is 0. The van der Waals surface area contributed by atoms with Crippen molar-refractivity contribution < 1.29 is 28.6 Å². The van der Waals surface area contributed by atoms with E-state index in [1.54, 1.807) is 27.7 Å². The fourth-order valence-electron chi connectivity index (χ4n) is 1.71. The van der Waals surface area contributed by atoms with Gasteiger partial charge in [-0.1, -0.05) is 0 Å². The van der Waals surface area contributed by atoms with E-state index < -0.39 is 29.2 Å². The van der Waals surface area contributed by atoms with Gasteiger partial charge in [-0.2, -0.15) is 0 Å². The summed E-state index contributed by atoms with van der Waals surface area (Å²) in [5.74, 6) is -2.42. The van der Waals surface area contributed by atoms with Gasteiger partial charge < -0.3 is 14.2 Å². The molecule has 1 saturated carbocycles. The van der Waals surface area contributed by atoms with Gasteiger partial charge in [-0.25, -0.2) is 0 Å². The maximum Gasteiger partial charge on any atom is 0.313 e. The number of carbonyl (C=O) groups excluding carboxylic acids is 3. The molecule has 0 spiro atoms. The Morgan fingerprint density at radius 2 is 1.76 bits per heavy atom. The molecule has 1 aliphatic carbocycles. The van der Waals surface area contributed by atoms with Crippen molar-refractivity contribution >= 4 is 17.9 Å². The first-order valence-corrected chi connectivity index (χ1v) is 7.19. The van der Waals surface area contributed by atoms with Crippen LogP contribution in [0.1, 0.15) is 47.5 Å². The average Bonchev–Trinajstić information content (AvgIpc) is 3.11. The Kier molecular flexibility index (Phi) is 5.75. The highest BCUT2D eigenvalue weighted by molar-refractivity contribution is 5.85. The molecule has 0 radical (unpaired) electrons. The van der Waals surface area contributed by atoms with Gasteiger partial charge in [-0.15, -0.1) is 0 Å². The number of hydrogen-bond donors (Lipinski definition) is 0. The van der Waals surface area contributed by atoms with Crippen molar-refractivity contribution in [1.82, 2.24) is 0 Å². The van der Waals surface area contributed by atoms with Gasteiger partial charge in [-0.3, -0.25) is 14.4 Å². The summed E-state index contributed by atoms with van der Waals surface area (Å²) in [6, 6.07) is 0. The van der Waals surface area contributed by atoms with E-state index in [-0.39, 0.29) is 18.8 Å². The second kappa shape index (κ2) is 6.91. The van der Waals surface area contributed by atoms with Crippen LogP contribution in [0.4, 0.5) is 0 Å². The molecule has 0 amide bonds. The third-order valence-corrected chi connectivity index (χ3v) is 3.28. The monoisotopic (exact) mass is 300 g/mol. The van der Waals surface area contributed by atoms with Crippen molar-refractivity contribution in [3.05, 3.63) is 0 Å². The lowest BCUT2D eigenvalue weighted by Gasteiger charge is -2.30. The number of hydrogen-bond acceptors (Lipinski definition) is 6. The minimum atomic E-state index is -1.13. The molecule has 1 atom stereocenters. The molecule has 120 valence electrons. The van der Waals surface area contributed by atoms with Crippen LogP contribution in [-0.2, 0) is 28.6 Å². The minimum absolute atomic E-state index is 0.0748. The van der Waals surface area contributed by atoms with Crippen LogP contribution in [0.5, 0.6) is 0 Å². The first-order valence-electron chi connectivity index (χ1n) is 7.19. The van der Waals surface area contributed by atoms with Crippen LogP contribution in [0.25, 0.3) is 0 Å². The molecular weight excluding hydrogens is 276 g/mol. The predicted octanol–water partition coefficient (Wildman–Crippen LogP) is 1.85. The van der Waals surface area contributed by atoms with Crippen molar-refractivity contribution in [2.45, 2.75) is 59.7 Å². The van der Waals surface area contributed by atoms with Crippen LogP contribution >= 0.6 is 0 Å². The number of ether oxygens (including phenoxy) is 3. The Labute approximate surface area is 125 Å². The molecule has 21 heavy (non-hydrogen) atoms. The normalized spacial score (nSPS) is 16.3. The summed E-state index contributed by atoms with van der Waals surface area (Å²) in [7, 11) is 0. The molecule has 0 bridgehead atoms. The Morgan fingerprint density at radius 3 is 2.19 bits per heavy atom. The fourth-order valence-corrected chi connectivity index (χ4v) is 1.71. The summed E-state index contributed by atoms with van der Waals surface area (Å²) in [6.45, 7) is 7.72. The topological polar surface area (TPSA) is 78.9 Å². The number of rotatable bonds is 7. The lowest BCUT2D eigenvalue weighted by molar-refractivity contribution is -0.175. The molecule has 0 aliphatic heterocycles. The maximum absolute atomic E-state index is 12.2. The van der Waals surface area contributed by atoms with E-state index in [4.69, 9.17) is 14.2 Å². The van der Waals surface area contributed by atoms with Gasteiger partial charge in [-0.05, 0) is 40.5 Å². The molecule has 0 N–H and O–H groups in total. The Hall–Kier alpha value is -1.59. The van der Waals surface area contributed by atoms with E-state index >= 15 is 0 Å². The highest BCUT2D eigenvalue weighted by Gasteiger charge is 2.46. The van der Waals surface area contributed by atoms with Crippen molar-refractivity contribution in [1.29, 1.82) is 0 Å². The average molecular weight is 300 g/mol. The van der Waals surface area contributed by atoms with Gasteiger partial charge in [0.2, 0.25) is 0 Å². The summed E-state index contributed by atoms with van der Waals surface area (Å²) >= 11 is 0. The zero-order valence-corrected chi connectivity index (χ0v) is 13.3. The van der Waals surface area contributed by atoms with Crippen molar-refractivity contribution in [2.75, 3.05) is 6.61 Å². The molecule has 1 aliphatic rings. The molecule has 6 nitrogen and oxygen atoms in total. The molecule has 1 rings (SSSR count). The van der Waals surface area contributed by atoms with E-state index in [0.29, 0.717) is 0 Å². The molecule has 1 fully saturated rings. The number of esters is 3. The van der Waals surface area contributed by atoms with Crippen LogP contribution in [0, 0.1) is 11.3 Å². The molecule has 1 unspecified atom stereocenters. The standard InChI is InChI=1S/C15H24O6/c1-9(2)20-14(18)15(4,5)12(8-19-10(3)16)13(17)21-11-6-7-11/h9,11-12H,6-8H2,1-5H3. The Morgan fingerprint density at radius 1 is 1.19 bits per heavy atom. The lowest BCUT2D eigenvalue weighted by atomic mass is 9.79. The van der Waals surface area contributed by atoms with Crippen molar-refractivity contribution in [3.63, 3.8) is 0 Å². The number of carbonyl (C=O) groups is 3. The van der Waals surface area contributed by atoms with Gasteiger partial charge in [0.05, 0.1) is 11.5 Å². The Balaban J connectivity index is 2.82. The van der Waals surface area contributed by atoms with Crippen LogP contribution in [0.2, 0.25) is 0 Å². The lowest BCUT2D eigenvalue weighted by Crippen LogP contribution is -2.43. The zero-order valence-electron chi connectivity index (χ0n) is 13.3. The van der Waals surface area contributed by atoms with Crippen LogP contribution in [0.3, 0.4) is 0 Å². The molecule has 0 heterocycles. The third-order valence-electron chi connectivity index (χ3n) is 3.28. The van der Waals surface area contributed by atoms with Gasteiger partial charge in [0, 0.05) is 6.92 Å². The Bertz CT molecular complexity index is 408. The van der Waals surface area contributed by atoms with Gasteiger partial charge in [0.15, 0.2) is 0 Å². The summed E-state index contributed by atoms with van der Waals surface area (Å²) in [6.07, 6.45) is 1.31. The predicted molar refractivity (Wildman–Crippen MR) is 74.2 cm³/mol. The molecule has 0 aromatic rings. The summed E-state index contributed by atoms with van der Waals surface area (Å²) < 4.78 is 15.4. The van der Waals surface area contributed by atoms with E-state index in [0.717, 1.165) is 12.8 Å². The maximum atomic E-state index is 12.2.